The van der Waals surface area contributed by atoms with E-state index in [1.807, 2.05) is 11.3 Å². The maximum absolute atomic E-state index is 5.08. The fraction of sp³-hybridized carbons (Fsp3) is 0.833. The summed E-state index contributed by atoms with van der Waals surface area (Å²) in [7, 11) is 0. The van der Waals surface area contributed by atoms with Crippen LogP contribution in [0.25, 0.3) is 0 Å². The van der Waals surface area contributed by atoms with Crippen LogP contribution in [-0.2, 0) is 12.8 Å². The normalized spacial score (nSPS) is 25.6. The van der Waals surface area contributed by atoms with E-state index in [4.69, 9.17) is 4.98 Å². The second-order valence-corrected chi connectivity index (χ2v) is 7.91. The molecule has 1 aromatic heterocycles. The molecule has 3 rings (SSSR count). The molecule has 21 heavy (non-hydrogen) atoms. The van der Waals surface area contributed by atoms with Gasteiger partial charge in [-0.1, -0.05) is 38.5 Å². The zero-order chi connectivity index (χ0) is 14.3. The molecule has 0 spiro atoms. The fourth-order valence-corrected chi connectivity index (χ4v) is 4.96. The molecule has 0 amide bonds. The minimum absolute atomic E-state index is 0.687. The fourth-order valence-electron chi connectivity index (χ4n) is 3.67. The van der Waals surface area contributed by atoms with Crippen molar-refractivity contribution in [3.05, 3.63) is 15.6 Å². The molecule has 0 saturated carbocycles. The maximum Gasteiger partial charge on any atom is 0.0974 e. The number of thiazole rings is 1. The number of hydrogen-bond acceptors (Lipinski definition) is 3. The lowest BCUT2D eigenvalue weighted by Gasteiger charge is -2.20. The Balaban J connectivity index is 1.69. The Kier molecular flexibility index (Phi) is 6.11. The molecule has 2 heterocycles. The van der Waals surface area contributed by atoms with E-state index < -0.39 is 0 Å². The second kappa shape index (κ2) is 8.28. The first-order valence-corrected chi connectivity index (χ1v) is 9.94. The van der Waals surface area contributed by atoms with Gasteiger partial charge in [-0.05, 0) is 45.1 Å². The molecule has 1 aliphatic heterocycles. The van der Waals surface area contributed by atoms with Crippen molar-refractivity contribution in [1.29, 1.82) is 0 Å². The van der Waals surface area contributed by atoms with E-state index in [0.29, 0.717) is 5.92 Å². The standard InChI is InChI=1S/C18H30N2S/c1-2-4-6-8-12-17-16(11-7-5-3-1)20-18(21-17)15-10-9-13-19-14-15/h15,19H,1-14H2. The average Bonchev–Trinajstić information content (AvgIpc) is 2.91. The lowest BCUT2D eigenvalue weighted by atomic mass is 10.0. The van der Waals surface area contributed by atoms with E-state index in [-0.39, 0.29) is 0 Å². The van der Waals surface area contributed by atoms with Crippen molar-refractivity contribution in [2.45, 2.75) is 83.0 Å². The van der Waals surface area contributed by atoms with Crippen LogP contribution in [0.1, 0.15) is 85.7 Å². The van der Waals surface area contributed by atoms with Crippen LogP contribution in [0.3, 0.4) is 0 Å². The maximum atomic E-state index is 5.08. The molecule has 0 radical (unpaired) electrons. The summed E-state index contributed by atoms with van der Waals surface area (Å²) >= 11 is 2.04. The number of aryl methyl sites for hydroxylation is 2. The lowest BCUT2D eigenvalue weighted by Crippen LogP contribution is -2.28. The molecule has 1 aromatic rings. The van der Waals surface area contributed by atoms with E-state index >= 15 is 0 Å². The number of nitrogens with zero attached hydrogens (tertiary/aromatic N) is 1. The molecule has 1 saturated heterocycles. The van der Waals surface area contributed by atoms with Crippen LogP contribution < -0.4 is 5.32 Å². The Morgan fingerprint density at radius 2 is 1.57 bits per heavy atom. The number of rotatable bonds is 1. The van der Waals surface area contributed by atoms with Crippen LogP contribution in [0.15, 0.2) is 0 Å². The summed E-state index contributed by atoms with van der Waals surface area (Å²) < 4.78 is 0. The average molecular weight is 307 g/mol. The van der Waals surface area contributed by atoms with Gasteiger partial charge in [-0.25, -0.2) is 4.98 Å². The Bertz CT molecular complexity index is 391. The third-order valence-electron chi connectivity index (χ3n) is 5.01. The van der Waals surface area contributed by atoms with Gasteiger partial charge < -0.3 is 5.32 Å². The quantitative estimate of drug-likeness (QED) is 0.804. The van der Waals surface area contributed by atoms with Gasteiger partial charge in [0.25, 0.3) is 0 Å². The van der Waals surface area contributed by atoms with Crippen molar-refractivity contribution >= 4 is 11.3 Å². The van der Waals surface area contributed by atoms with Crippen molar-refractivity contribution in [3.8, 4) is 0 Å². The highest BCUT2D eigenvalue weighted by Crippen LogP contribution is 2.31. The monoisotopic (exact) mass is 306 g/mol. The summed E-state index contributed by atoms with van der Waals surface area (Å²) in [5, 5.41) is 4.97. The van der Waals surface area contributed by atoms with Gasteiger partial charge in [-0.2, -0.15) is 0 Å². The SMILES string of the molecule is C1CCCCCc2sc(C3CCCNC3)nc2CCCC1. The highest BCUT2D eigenvalue weighted by molar-refractivity contribution is 7.11. The largest absolute Gasteiger partial charge is 0.316 e. The number of nitrogens with one attached hydrogen (secondary N) is 1. The number of aromatic nitrogens is 1. The lowest BCUT2D eigenvalue weighted by molar-refractivity contribution is 0.459. The molecule has 0 aromatic carbocycles. The Morgan fingerprint density at radius 1 is 0.857 bits per heavy atom. The topological polar surface area (TPSA) is 24.9 Å². The smallest absolute Gasteiger partial charge is 0.0974 e. The number of piperidine rings is 1. The highest BCUT2D eigenvalue weighted by Gasteiger charge is 2.21. The molecule has 0 bridgehead atoms. The molecule has 1 unspecified atom stereocenters. The van der Waals surface area contributed by atoms with Gasteiger partial charge >= 0.3 is 0 Å². The van der Waals surface area contributed by atoms with Crippen LogP contribution in [0.4, 0.5) is 0 Å². The van der Waals surface area contributed by atoms with Gasteiger partial charge in [0.1, 0.15) is 0 Å². The molecular formula is C18H30N2S. The molecule has 1 atom stereocenters. The van der Waals surface area contributed by atoms with Crippen molar-refractivity contribution in [3.63, 3.8) is 0 Å². The third kappa shape index (κ3) is 4.53. The van der Waals surface area contributed by atoms with E-state index in [1.54, 1.807) is 4.88 Å². The van der Waals surface area contributed by atoms with Gasteiger partial charge in [0.15, 0.2) is 0 Å². The Hall–Kier alpha value is -0.410. The van der Waals surface area contributed by atoms with Crippen molar-refractivity contribution in [2.75, 3.05) is 13.1 Å². The molecule has 1 N–H and O–H groups in total. The summed E-state index contributed by atoms with van der Waals surface area (Å²) in [6.45, 7) is 2.34. The second-order valence-electron chi connectivity index (χ2n) is 6.79. The molecule has 118 valence electrons. The van der Waals surface area contributed by atoms with Crippen molar-refractivity contribution in [2.24, 2.45) is 0 Å². The minimum Gasteiger partial charge on any atom is -0.316 e. The Morgan fingerprint density at radius 3 is 2.29 bits per heavy atom. The van der Waals surface area contributed by atoms with Gasteiger partial charge in [0.2, 0.25) is 0 Å². The first-order valence-electron chi connectivity index (χ1n) is 9.12. The van der Waals surface area contributed by atoms with Crippen LogP contribution in [0, 0.1) is 0 Å². The van der Waals surface area contributed by atoms with Crippen molar-refractivity contribution < 1.29 is 0 Å². The highest BCUT2D eigenvalue weighted by atomic mass is 32.1. The van der Waals surface area contributed by atoms with Gasteiger partial charge in [0.05, 0.1) is 10.7 Å². The summed E-state index contributed by atoms with van der Waals surface area (Å²) in [4.78, 5) is 6.70. The summed E-state index contributed by atoms with van der Waals surface area (Å²) in [5.74, 6) is 0.687. The molecule has 3 heteroatoms. The zero-order valence-electron chi connectivity index (χ0n) is 13.3. The van der Waals surface area contributed by atoms with Gasteiger partial charge in [-0.15, -0.1) is 11.3 Å². The van der Waals surface area contributed by atoms with Crippen molar-refractivity contribution in [1.82, 2.24) is 10.3 Å². The summed E-state index contributed by atoms with van der Waals surface area (Å²) in [6, 6.07) is 0. The predicted octanol–water partition coefficient (Wildman–Crippen LogP) is 4.83. The van der Waals surface area contributed by atoms with Crippen LogP contribution in [0.5, 0.6) is 0 Å². The van der Waals surface area contributed by atoms with E-state index in [2.05, 4.69) is 5.32 Å². The minimum atomic E-state index is 0.687. The molecule has 2 nitrogen and oxygen atoms in total. The summed E-state index contributed by atoms with van der Waals surface area (Å²) in [6.07, 6.45) is 16.5. The molecule has 1 aliphatic carbocycles. The predicted molar refractivity (Wildman–Crippen MR) is 91.3 cm³/mol. The summed E-state index contributed by atoms with van der Waals surface area (Å²) in [5.41, 5.74) is 1.46. The van der Waals surface area contributed by atoms with Crippen LogP contribution in [0.2, 0.25) is 0 Å². The zero-order valence-corrected chi connectivity index (χ0v) is 14.1. The van der Waals surface area contributed by atoms with Gasteiger partial charge in [0, 0.05) is 17.3 Å². The molecular weight excluding hydrogens is 276 g/mol. The van der Waals surface area contributed by atoms with E-state index in [1.165, 1.54) is 94.3 Å². The van der Waals surface area contributed by atoms with E-state index in [9.17, 15) is 0 Å². The number of fused-ring (bicyclic) bond motifs is 1. The number of hydrogen-bond donors (Lipinski definition) is 1. The van der Waals surface area contributed by atoms with Crippen LogP contribution >= 0.6 is 11.3 Å². The third-order valence-corrected chi connectivity index (χ3v) is 6.33. The van der Waals surface area contributed by atoms with E-state index in [0.717, 1.165) is 6.54 Å². The first-order chi connectivity index (χ1) is 10.4. The van der Waals surface area contributed by atoms with Crippen LogP contribution in [-0.4, -0.2) is 18.1 Å². The first kappa shape index (κ1) is 15.5. The molecule has 2 aliphatic rings. The molecule has 1 fully saturated rings. The van der Waals surface area contributed by atoms with Gasteiger partial charge in [-0.3, -0.25) is 0 Å². The Labute approximate surface area is 133 Å².